The molecule has 2 nitrogen and oxygen atoms in total. The molecule has 0 atom stereocenters. The second kappa shape index (κ2) is 12.5. The van der Waals surface area contributed by atoms with Crippen molar-refractivity contribution in [3.63, 3.8) is 0 Å². The average Bonchev–Trinajstić information content (AvgIpc) is 3.78. The summed E-state index contributed by atoms with van der Waals surface area (Å²) in [4.78, 5) is 0. The summed E-state index contributed by atoms with van der Waals surface area (Å²) < 4.78 is 9.65. The maximum Gasteiger partial charge on any atom is 0.143 e. The lowest BCUT2D eigenvalue weighted by atomic mass is 9.88. The van der Waals surface area contributed by atoms with Crippen molar-refractivity contribution in [2.45, 2.75) is 0 Å². The smallest absolute Gasteiger partial charge is 0.143 e. The van der Waals surface area contributed by atoms with Gasteiger partial charge in [-0.25, -0.2) is 0 Å². The van der Waals surface area contributed by atoms with Gasteiger partial charge in [0, 0.05) is 43.9 Å². The van der Waals surface area contributed by atoms with Crippen molar-refractivity contribution in [1.82, 2.24) is 4.57 Å². The standard InChI is InChI=1S/C50H33NO/c1-4-17-34(18-5-1)36-21-14-22-37(33-36)49-44-26-10-11-27-45(44)50(52-49)47-39(35-19-6-2-7-20-35)28-15-29-41(47)43-31-16-30-42-40-25-12-13-32-46(40)51(48(42)43)38-23-8-3-9-24-38/h1-33H. The first-order valence-corrected chi connectivity index (χ1v) is 17.8. The van der Waals surface area contributed by atoms with Crippen LogP contribution in [0.25, 0.3) is 94.3 Å². The van der Waals surface area contributed by atoms with E-state index in [1.54, 1.807) is 0 Å². The summed E-state index contributed by atoms with van der Waals surface area (Å²) in [7, 11) is 0. The van der Waals surface area contributed by atoms with E-state index in [2.05, 4.69) is 205 Å². The first-order valence-electron chi connectivity index (χ1n) is 17.8. The van der Waals surface area contributed by atoms with Gasteiger partial charge < -0.3 is 8.98 Å². The molecule has 0 spiro atoms. The van der Waals surface area contributed by atoms with Crippen LogP contribution in [0.3, 0.4) is 0 Å². The van der Waals surface area contributed by atoms with Crippen molar-refractivity contribution in [1.29, 1.82) is 0 Å². The van der Waals surface area contributed by atoms with E-state index in [9.17, 15) is 0 Å². The molecule has 2 heteroatoms. The van der Waals surface area contributed by atoms with Gasteiger partial charge in [0.15, 0.2) is 0 Å². The van der Waals surface area contributed by atoms with E-state index in [1.165, 1.54) is 27.4 Å². The number of furan rings is 1. The molecule has 0 saturated carbocycles. The molecule has 0 fully saturated rings. The fourth-order valence-electron chi connectivity index (χ4n) is 7.92. The number of fused-ring (bicyclic) bond motifs is 4. The van der Waals surface area contributed by atoms with Crippen molar-refractivity contribution in [2.24, 2.45) is 0 Å². The Morgan fingerprint density at radius 2 is 0.846 bits per heavy atom. The zero-order chi connectivity index (χ0) is 34.4. The van der Waals surface area contributed by atoms with E-state index in [1.807, 2.05) is 0 Å². The van der Waals surface area contributed by atoms with Gasteiger partial charge in [-0.3, -0.25) is 0 Å². The molecule has 8 aromatic carbocycles. The van der Waals surface area contributed by atoms with Crippen LogP contribution in [-0.4, -0.2) is 4.57 Å². The van der Waals surface area contributed by atoms with Crippen LogP contribution < -0.4 is 0 Å². The van der Waals surface area contributed by atoms with Crippen LogP contribution in [-0.2, 0) is 0 Å². The zero-order valence-corrected chi connectivity index (χ0v) is 28.4. The quantitative estimate of drug-likeness (QED) is 0.173. The monoisotopic (exact) mass is 663 g/mol. The van der Waals surface area contributed by atoms with Gasteiger partial charge in [0.25, 0.3) is 0 Å². The Hall–Kier alpha value is -6.90. The van der Waals surface area contributed by atoms with E-state index in [4.69, 9.17) is 4.42 Å². The molecule has 10 aromatic rings. The van der Waals surface area contributed by atoms with Gasteiger partial charge in [0.2, 0.25) is 0 Å². The topological polar surface area (TPSA) is 18.1 Å². The molecular weight excluding hydrogens is 631 g/mol. The van der Waals surface area contributed by atoms with Crippen LogP contribution in [0.5, 0.6) is 0 Å². The number of nitrogens with zero attached hydrogens (tertiary/aromatic N) is 1. The molecule has 0 N–H and O–H groups in total. The van der Waals surface area contributed by atoms with E-state index in [-0.39, 0.29) is 0 Å². The number of para-hydroxylation sites is 3. The molecule has 0 amide bonds. The normalized spacial score (nSPS) is 11.5. The van der Waals surface area contributed by atoms with Crippen molar-refractivity contribution in [3.05, 3.63) is 200 Å². The molecule has 0 aliphatic rings. The molecule has 52 heavy (non-hydrogen) atoms. The molecule has 0 unspecified atom stereocenters. The Balaban J connectivity index is 1.29. The molecular formula is C50H33NO. The summed E-state index contributed by atoms with van der Waals surface area (Å²) in [5, 5.41) is 4.62. The van der Waals surface area contributed by atoms with Gasteiger partial charge >= 0.3 is 0 Å². The van der Waals surface area contributed by atoms with Crippen molar-refractivity contribution < 1.29 is 4.42 Å². The van der Waals surface area contributed by atoms with Gasteiger partial charge in [0.1, 0.15) is 11.5 Å². The highest BCUT2D eigenvalue weighted by molar-refractivity contribution is 6.16. The van der Waals surface area contributed by atoms with Crippen molar-refractivity contribution in [3.8, 4) is 61.7 Å². The highest BCUT2D eigenvalue weighted by atomic mass is 16.3. The number of hydrogen-bond acceptors (Lipinski definition) is 1. The van der Waals surface area contributed by atoms with Gasteiger partial charge in [-0.1, -0.05) is 176 Å². The van der Waals surface area contributed by atoms with Crippen LogP contribution in [0.15, 0.2) is 205 Å². The molecule has 244 valence electrons. The summed E-state index contributed by atoms with van der Waals surface area (Å²) in [5.74, 6) is 1.73. The summed E-state index contributed by atoms with van der Waals surface area (Å²) in [6.07, 6.45) is 0. The van der Waals surface area contributed by atoms with Crippen molar-refractivity contribution >= 4 is 32.6 Å². The maximum absolute atomic E-state index is 7.23. The highest BCUT2D eigenvalue weighted by Crippen LogP contribution is 2.49. The summed E-state index contributed by atoms with van der Waals surface area (Å²) >= 11 is 0. The third kappa shape index (κ3) is 4.88. The molecule has 2 aromatic heterocycles. The fourth-order valence-corrected chi connectivity index (χ4v) is 7.92. The van der Waals surface area contributed by atoms with E-state index >= 15 is 0 Å². The predicted molar refractivity (Wildman–Crippen MR) is 218 cm³/mol. The summed E-state index contributed by atoms with van der Waals surface area (Å²) in [6, 6.07) is 71.3. The van der Waals surface area contributed by atoms with Crippen molar-refractivity contribution in [2.75, 3.05) is 0 Å². The second-order valence-electron chi connectivity index (χ2n) is 13.2. The molecule has 2 heterocycles. The first kappa shape index (κ1) is 30.0. The van der Waals surface area contributed by atoms with Crippen LogP contribution in [0.2, 0.25) is 0 Å². The Bertz CT molecular complexity index is 2880. The SMILES string of the molecule is c1ccc(-c2cccc(-c3oc(-c4c(-c5ccccc5)cccc4-c4cccc5c6ccccc6n(-c6ccccc6)c45)c4ccccc34)c2)cc1. The largest absolute Gasteiger partial charge is 0.455 e. The summed E-state index contributed by atoms with van der Waals surface area (Å²) in [5.41, 5.74) is 12.5. The van der Waals surface area contributed by atoms with E-state index in [0.29, 0.717) is 0 Å². The van der Waals surface area contributed by atoms with Gasteiger partial charge in [-0.05, 0) is 52.1 Å². The molecule has 0 saturated heterocycles. The second-order valence-corrected chi connectivity index (χ2v) is 13.2. The fraction of sp³-hybridized carbons (Fsp3) is 0. The third-order valence-electron chi connectivity index (χ3n) is 10.2. The number of benzene rings is 8. The van der Waals surface area contributed by atoms with Crippen LogP contribution in [0.1, 0.15) is 0 Å². The van der Waals surface area contributed by atoms with Crippen LogP contribution in [0, 0.1) is 0 Å². The molecule has 10 rings (SSSR count). The minimum atomic E-state index is 0.865. The lowest BCUT2D eigenvalue weighted by molar-refractivity contribution is 0.602. The number of rotatable bonds is 6. The Morgan fingerprint density at radius 3 is 1.62 bits per heavy atom. The molecule has 0 radical (unpaired) electrons. The lowest BCUT2D eigenvalue weighted by Crippen LogP contribution is -1.96. The minimum Gasteiger partial charge on any atom is -0.455 e. The van der Waals surface area contributed by atoms with E-state index in [0.717, 1.165) is 66.9 Å². The van der Waals surface area contributed by atoms with E-state index < -0.39 is 0 Å². The Kier molecular flexibility index (Phi) is 7.18. The Morgan fingerprint density at radius 1 is 0.327 bits per heavy atom. The van der Waals surface area contributed by atoms with Gasteiger partial charge in [-0.2, -0.15) is 0 Å². The maximum atomic E-state index is 7.23. The minimum absolute atomic E-state index is 0.865. The summed E-state index contributed by atoms with van der Waals surface area (Å²) in [6.45, 7) is 0. The molecule has 0 aliphatic carbocycles. The Labute approximate surface area is 302 Å². The van der Waals surface area contributed by atoms with Crippen LogP contribution >= 0.6 is 0 Å². The third-order valence-corrected chi connectivity index (χ3v) is 10.2. The lowest BCUT2D eigenvalue weighted by Gasteiger charge is -2.17. The zero-order valence-electron chi connectivity index (χ0n) is 28.4. The average molecular weight is 664 g/mol. The predicted octanol–water partition coefficient (Wildman–Crippen LogP) is 13.9. The first-order chi connectivity index (χ1) is 25.8. The molecule has 0 aliphatic heterocycles. The van der Waals surface area contributed by atoms with Gasteiger partial charge in [-0.15, -0.1) is 0 Å². The number of hydrogen-bond donors (Lipinski definition) is 0. The van der Waals surface area contributed by atoms with Crippen LogP contribution in [0.4, 0.5) is 0 Å². The van der Waals surface area contributed by atoms with Gasteiger partial charge in [0.05, 0.1) is 11.0 Å². The highest BCUT2D eigenvalue weighted by Gasteiger charge is 2.25. The molecule has 0 bridgehead atoms. The number of aromatic nitrogens is 1.